The van der Waals surface area contributed by atoms with Crippen LogP contribution >= 0.6 is 0 Å². The average Bonchev–Trinajstić information content (AvgIpc) is 2.20. The molecule has 1 aromatic rings. The summed E-state index contributed by atoms with van der Waals surface area (Å²) in [5.41, 5.74) is 9.64. The zero-order chi connectivity index (χ0) is 11.0. The number of aliphatic carboxylic acids is 1. The van der Waals surface area contributed by atoms with E-state index in [0.29, 0.717) is 0 Å². The van der Waals surface area contributed by atoms with Crippen LogP contribution in [0.5, 0.6) is 0 Å². The number of nitrogens with zero attached hydrogens (tertiary/aromatic N) is 2. The second-order valence-corrected chi connectivity index (χ2v) is 2.05. The molecule has 14 heavy (non-hydrogen) atoms. The maximum Gasteiger partial charge on any atom is 0.317 e. The van der Waals surface area contributed by atoms with Gasteiger partial charge in [0.15, 0.2) is 0 Å². The molecule has 1 aromatic heterocycles. The van der Waals surface area contributed by atoms with Crippen molar-refractivity contribution in [3.63, 3.8) is 0 Å². The summed E-state index contributed by atoms with van der Waals surface area (Å²) in [4.78, 5) is 26.8. The van der Waals surface area contributed by atoms with Crippen molar-refractivity contribution in [2.45, 2.75) is 0 Å². The van der Waals surface area contributed by atoms with Crippen LogP contribution in [0.3, 0.4) is 0 Å². The Morgan fingerprint density at radius 1 is 1.43 bits per heavy atom. The maximum absolute atomic E-state index is 10.3. The lowest BCUT2D eigenvalue weighted by molar-refractivity contribution is -0.135. The van der Waals surface area contributed by atoms with Gasteiger partial charge in [0.1, 0.15) is 5.69 Å². The Bertz CT molecular complexity index is 301. The van der Waals surface area contributed by atoms with Crippen molar-refractivity contribution in [2.24, 2.45) is 11.5 Å². The van der Waals surface area contributed by atoms with Crippen LogP contribution in [0.2, 0.25) is 0 Å². The molecule has 0 aliphatic carbocycles. The van der Waals surface area contributed by atoms with Crippen molar-refractivity contribution in [1.82, 2.24) is 9.97 Å². The quantitative estimate of drug-likeness (QED) is 0.535. The Labute approximate surface area is 79.8 Å². The average molecular weight is 198 g/mol. The predicted molar refractivity (Wildman–Crippen MR) is 47.2 cm³/mol. The first kappa shape index (κ1) is 12.0. The summed E-state index contributed by atoms with van der Waals surface area (Å²) in [5.74, 6) is -1.52. The largest absolute Gasteiger partial charge is 0.480 e. The second kappa shape index (κ2) is 6.49. The van der Waals surface area contributed by atoms with E-state index in [2.05, 4.69) is 15.7 Å². The van der Waals surface area contributed by atoms with E-state index in [-0.39, 0.29) is 12.2 Å². The van der Waals surface area contributed by atoms with Gasteiger partial charge >= 0.3 is 5.97 Å². The van der Waals surface area contributed by atoms with Gasteiger partial charge in [-0.05, 0) is 0 Å². The van der Waals surface area contributed by atoms with E-state index in [1.165, 1.54) is 18.6 Å². The second-order valence-electron chi connectivity index (χ2n) is 2.05. The lowest BCUT2D eigenvalue weighted by atomic mass is 10.4. The number of nitrogens with two attached hydrogens (primary N) is 2. The number of aromatic nitrogens is 2. The molecule has 0 saturated carbocycles. The molecule has 1 rings (SSSR count). The number of amides is 1. The van der Waals surface area contributed by atoms with Crippen LogP contribution in [-0.4, -0.2) is 33.5 Å². The van der Waals surface area contributed by atoms with Gasteiger partial charge in [0, 0.05) is 12.4 Å². The van der Waals surface area contributed by atoms with Gasteiger partial charge in [0.25, 0.3) is 5.91 Å². The highest BCUT2D eigenvalue weighted by atomic mass is 16.4. The molecule has 7 heteroatoms. The van der Waals surface area contributed by atoms with Crippen LogP contribution in [0.15, 0.2) is 18.6 Å². The van der Waals surface area contributed by atoms with Gasteiger partial charge in [-0.25, -0.2) is 4.98 Å². The molecule has 0 aliphatic heterocycles. The minimum atomic E-state index is -0.968. The summed E-state index contributed by atoms with van der Waals surface area (Å²) >= 11 is 0. The van der Waals surface area contributed by atoms with E-state index in [4.69, 9.17) is 10.8 Å². The highest BCUT2D eigenvalue weighted by molar-refractivity contribution is 5.90. The van der Waals surface area contributed by atoms with Gasteiger partial charge in [-0.15, -0.1) is 0 Å². The summed E-state index contributed by atoms with van der Waals surface area (Å²) in [6.07, 6.45) is 4.22. The van der Waals surface area contributed by atoms with E-state index in [1.54, 1.807) is 0 Å². The molecule has 0 aliphatic rings. The monoisotopic (exact) mass is 198 g/mol. The summed E-state index contributed by atoms with van der Waals surface area (Å²) in [7, 11) is 0. The minimum absolute atomic E-state index is 0.192. The van der Waals surface area contributed by atoms with Crippen LogP contribution in [0.25, 0.3) is 0 Å². The van der Waals surface area contributed by atoms with Crippen LogP contribution in [0.4, 0.5) is 0 Å². The van der Waals surface area contributed by atoms with Crippen molar-refractivity contribution < 1.29 is 14.7 Å². The predicted octanol–water partition coefficient (Wildman–Crippen LogP) is -1.39. The van der Waals surface area contributed by atoms with E-state index in [1.807, 2.05) is 0 Å². The van der Waals surface area contributed by atoms with Crippen molar-refractivity contribution in [1.29, 1.82) is 0 Å². The van der Waals surface area contributed by atoms with Gasteiger partial charge < -0.3 is 16.6 Å². The number of hydrogen-bond acceptors (Lipinski definition) is 5. The SMILES string of the molecule is NC(=O)c1cnccn1.NCC(=O)O. The van der Waals surface area contributed by atoms with E-state index < -0.39 is 11.9 Å². The van der Waals surface area contributed by atoms with Crippen molar-refractivity contribution in [3.05, 3.63) is 24.3 Å². The smallest absolute Gasteiger partial charge is 0.317 e. The Morgan fingerprint density at radius 3 is 2.21 bits per heavy atom. The molecule has 0 radical (unpaired) electrons. The van der Waals surface area contributed by atoms with Gasteiger partial charge in [0.2, 0.25) is 0 Å². The van der Waals surface area contributed by atoms with Gasteiger partial charge in [0.05, 0.1) is 12.7 Å². The molecule has 76 valence electrons. The fourth-order valence-corrected chi connectivity index (χ4v) is 0.426. The Morgan fingerprint density at radius 2 is 2.00 bits per heavy atom. The molecule has 1 amide bonds. The first-order valence-electron chi connectivity index (χ1n) is 3.55. The molecule has 7 nitrogen and oxygen atoms in total. The summed E-state index contributed by atoms with van der Waals surface area (Å²) in [6, 6.07) is 0. The number of hydrogen-bond donors (Lipinski definition) is 3. The molecule has 0 fully saturated rings. The first-order chi connectivity index (χ1) is 6.57. The van der Waals surface area contributed by atoms with E-state index >= 15 is 0 Å². The van der Waals surface area contributed by atoms with Crippen molar-refractivity contribution in [3.8, 4) is 0 Å². The molecule has 0 spiro atoms. The molecule has 0 unspecified atom stereocenters. The van der Waals surface area contributed by atoms with E-state index in [9.17, 15) is 9.59 Å². The fraction of sp³-hybridized carbons (Fsp3) is 0.143. The normalized spacial score (nSPS) is 8.36. The van der Waals surface area contributed by atoms with Crippen molar-refractivity contribution in [2.75, 3.05) is 6.54 Å². The number of carboxylic acids is 1. The highest BCUT2D eigenvalue weighted by Crippen LogP contribution is 1.84. The number of carbonyl (C=O) groups is 2. The molecule has 0 saturated heterocycles. The molecule has 0 aromatic carbocycles. The Balaban J connectivity index is 0.000000292. The Hall–Kier alpha value is -2.02. The number of primary amides is 1. The third-order valence-electron chi connectivity index (χ3n) is 0.990. The number of carbonyl (C=O) groups excluding carboxylic acids is 1. The summed E-state index contributed by atoms with van der Waals surface area (Å²) in [6.45, 7) is -0.278. The van der Waals surface area contributed by atoms with Gasteiger partial charge in [-0.2, -0.15) is 0 Å². The number of carboxylic acid groups (broad SMARTS) is 1. The fourth-order valence-electron chi connectivity index (χ4n) is 0.426. The van der Waals surface area contributed by atoms with Gasteiger partial charge in [-0.3, -0.25) is 14.6 Å². The molecular weight excluding hydrogens is 188 g/mol. The lowest BCUT2D eigenvalue weighted by Gasteiger charge is -1.87. The summed E-state index contributed by atoms with van der Waals surface area (Å²) in [5, 5.41) is 7.60. The van der Waals surface area contributed by atoms with Gasteiger partial charge in [-0.1, -0.05) is 0 Å². The Kier molecular flexibility index (Phi) is 5.55. The topological polar surface area (TPSA) is 132 Å². The molecular formula is C7H10N4O3. The molecule has 0 bridgehead atoms. The third-order valence-corrected chi connectivity index (χ3v) is 0.990. The van der Waals surface area contributed by atoms with E-state index in [0.717, 1.165) is 0 Å². The molecule has 5 N–H and O–H groups in total. The lowest BCUT2D eigenvalue weighted by Crippen LogP contribution is -2.12. The van der Waals surface area contributed by atoms with Crippen LogP contribution in [0.1, 0.15) is 10.5 Å². The summed E-state index contributed by atoms with van der Waals surface area (Å²) < 4.78 is 0. The zero-order valence-electron chi connectivity index (χ0n) is 7.25. The van der Waals surface area contributed by atoms with Crippen LogP contribution in [-0.2, 0) is 4.79 Å². The van der Waals surface area contributed by atoms with Crippen LogP contribution in [0, 0.1) is 0 Å². The van der Waals surface area contributed by atoms with Crippen molar-refractivity contribution >= 4 is 11.9 Å². The first-order valence-corrected chi connectivity index (χ1v) is 3.55. The third kappa shape index (κ3) is 5.61. The standard InChI is InChI=1S/C5H5N3O.C2H5NO2/c6-5(9)4-3-7-1-2-8-4;3-1-2(4)5/h1-3H,(H2,6,9);1,3H2,(H,4,5). The zero-order valence-corrected chi connectivity index (χ0v) is 7.25. The molecule has 0 atom stereocenters. The minimum Gasteiger partial charge on any atom is -0.480 e. The maximum atomic E-state index is 10.3. The highest BCUT2D eigenvalue weighted by Gasteiger charge is 1.97. The number of rotatable bonds is 2. The van der Waals surface area contributed by atoms with Crippen LogP contribution < -0.4 is 11.5 Å². The molecule has 1 heterocycles.